The molecule has 0 aromatic carbocycles. The second-order valence-electron chi connectivity index (χ2n) is 4.31. The number of nitro groups is 1. The molecule has 1 rings (SSSR count). The zero-order chi connectivity index (χ0) is 14.6. The van der Waals surface area contributed by atoms with E-state index in [9.17, 15) is 14.9 Å². The zero-order valence-electron chi connectivity index (χ0n) is 10.8. The van der Waals surface area contributed by atoms with E-state index in [1.165, 1.54) is 6.07 Å². The molecule has 1 heterocycles. The van der Waals surface area contributed by atoms with Crippen molar-refractivity contribution in [1.82, 2.24) is 10.3 Å². The molecule has 8 heteroatoms. The minimum absolute atomic E-state index is 0.0250. The Morgan fingerprint density at radius 3 is 2.58 bits per heavy atom. The molecule has 0 aliphatic rings. The summed E-state index contributed by atoms with van der Waals surface area (Å²) >= 11 is 5.87. The number of anilines is 1. The minimum atomic E-state index is -0.586. The summed E-state index contributed by atoms with van der Waals surface area (Å²) in [4.78, 5) is 25.5. The van der Waals surface area contributed by atoms with Crippen LogP contribution in [-0.2, 0) is 4.79 Å². The molecule has 0 aliphatic heterocycles. The summed E-state index contributed by atoms with van der Waals surface area (Å²) in [5, 5.41) is 16.2. The Bertz CT molecular complexity index is 493. The molecule has 19 heavy (non-hydrogen) atoms. The molecular weight excluding hydrogens is 272 g/mol. The van der Waals surface area contributed by atoms with E-state index in [1.54, 1.807) is 6.92 Å². The van der Waals surface area contributed by atoms with Gasteiger partial charge < -0.3 is 10.6 Å². The Kier molecular flexibility index (Phi) is 5.05. The third kappa shape index (κ3) is 4.36. The highest BCUT2D eigenvalue weighted by Crippen LogP contribution is 2.24. The summed E-state index contributed by atoms with van der Waals surface area (Å²) in [5.74, 6) is 0.0323. The molecule has 1 aromatic heterocycles. The van der Waals surface area contributed by atoms with Gasteiger partial charge in [0.15, 0.2) is 0 Å². The lowest BCUT2D eigenvalue weighted by Crippen LogP contribution is -2.41. The van der Waals surface area contributed by atoms with Crippen LogP contribution in [0, 0.1) is 10.1 Å². The number of hydrogen-bond donors (Lipinski definition) is 2. The van der Waals surface area contributed by atoms with Crippen molar-refractivity contribution in [3.8, 4) is 0 Å². The molecule has 0 radical (unpaired) electrons. The van der Waals surface area contributed by atoms with Gasteiger partial charge in [-0.1, -0.05) is 11.6 Å². The number of aromatic nitrogens is 1. The highest BCUT2D eigenvalue weighted by atomic mass is 35.5. The fourth-order valence-corrected chi connectivity index (χ4v) is 1.53. The van der Waals surface area contributed by atoms with Crippen molar-refractivity contribution >= 4 is 29.0 Å². The summed E-state index contributed by atoms with van der Waals surface area (Å²) in [6.07, 6.45) is 1.08. The first-order chi connectivity index (χ1) is 8.81. The quantitative estimate of drug-likeness (QED) is 0.637. The SMILES string of the molecule is CC(C)NC(=O)C(C)Nc1ncc([N+](=O)[O-])cc1Cl. The van der Waals surface area contributed by atoms with Gasteiger partial charge in [0.1, 0.15) is 18.1 Å². The van der Waals surface area contributed by atoms with Crippen LogP contribution in [0.3, 0.4) is 0 Å². The number of halogens is 1. The number of pyridine rings is 1. The van der Waals surface area contributed by atoms with E-state index in [4.69, 9.17) is 11.6 Å². The van der Waals surface area contributed by atoms with Crippen LogP contribution in [0.1, 0.15) is 20.8 Å². The first kappa shape index (κ1) is 15.2. The van der Waals surface area contributed by atoms with Crippen molar-refractivity contribution in [3.63, 3.8) is 0 Å². The topological polar surface area (TPSA) is 97.2 Å². The number of carbonyl (C=O) groups excluding carboxylic acids is 1. The lowest BCUT2D eigenvalue weighted by Gasteiger charge is -2.16. The largest absolute Gasteiger partial charge is 0.357 e. The zero-order valence-corrected chi connectivity index (χ0v) is 11.6. The van der Waals surface area contributed by atoms with Gasteiger partial charge in [0, 0.05) is 12.1 Å². The van der Waals surface area contributed by atoms with Gasteiger partial charge in [-0.3, -0.25) is 14.9 Å². The van der Waals surface area contributed by atoms with Crippen LogP contribution < -0.4 is 10.6 Å². The van der Waals surface area contributed by atoms with Crippen LogP contribution in [0.25, 0.3) is 0 Å². The molecule has 104 valence electrons. The van der Waals surface area contributed by atoms with Crippen LogP contribution >= 0.6 is 11.6 Å². The van der Waals surface area contributed by atoms with Gasteiger partial charge in [0.2, 0.25) is 5.91 Å². The Morgan fingerprint density at radius 2 is 2.11 bits per heavy atom. The van der Waals surface area contributed by atoms with Gasteiger partial charge in [-0.25, -0.2) is 4.98 Å². The lowest BCUT2D eigenvalue weighted by molar-refractivity contribution is -0.385. The Morgan fingerprint density at radius 1 is 1.47 bits per heavy atom. The lowest BCUT2D eigenvalue weighted by atomic mass is 10.2. The summed E-state index contributed by atoms with van der Waals surface area (Å²) in [5.41, 5.74) is -0.199. The minimum Gasteiger partial charge on any atom is -0.357 e. The standard InChI is InChI=1S/C11H15ClN4O3/c1-6(2)14-11(17)7(3)15-10-9(12)4-8(5-13-10)16(18)19/h4-7H,1-3H3,(H,13,15)(H,14,17). The number of amides is 1. The van der Waals surface area contributed by atoms with Crippen LogP contribution in [0.15, 0.2) is 12.3 Å². The molecule has 0 saturated heterocycles. The van der Waals surface area contributed by atoms with Gasteiger partial charge in [0.25, 0.3) is 5.69 Å². The predicted octanol–water partition coefficient (Wildman–Crippen LogP) is 1.97. The van der Waals surface area contributed by atoms with Crippen molar-refractivity contribution < 1.29 is 9.72 Å². The van der Waals surface area contributed by atoms with Gasteiger partial charge >= 0.3 is 0 Å². The molecule has 1 unspecified atom stereocenters. The second kappa shape index (κ2) is 6.33. The van der Waals surface area contributed by atoms with Gasteiger partial charge in [-0.2, -0.15) is 0 Å². The maximum absolute atomic E-state index is 11.7. The summed E-state index contributed by atoms with van der Waals surface area (Å²) in [6, 6.07) is 0.662. The summed E-state index contributed by atoms with van der Waals surface area (Å²) in [6.45, 7) is 5.35. The van der Waals surface area contributed by atoms with Crippen molar-refractivity contribution in [2.45, 2.75) is 32.9 Å². The maximum Gasteiger partial charge on any atom is 0.289 e. The van der Waals surface area contributed by atoms with Crippen LogP contribution in [0.5, 0.6) is 0 Å². The van der Waals surface area contributed by atoms with E-state index in [-0.39, 0.29) is 28.5 Å². The highest BCUT2D eigenvalue weighted by Gasteiger charge is 2.17. The Labute approximate surface area is 115 Å². The normalized spacial score (nSPS) is 12.1. The van der Waals surface area contributed by atoms with Gasteiger partial charge in [-0.15, -0.1) is 0 Å². The van der Waals surface area contributed by atoms with Gasteiger partial charge in [-0.05, 0) is 20.8 Å². The average molecular weight is 287 g/mol. The maximum atomic E-state index is 11.7. The van der Waals surface area contributed by atoms with E-state index in [2.05, 4.69) is 15.6 Å². The highest BCUT2D eigenvalue weighted by molar-refractivity contribution is 6.33. The van der Waals surface area contributed by atoms with Crippen molar-refractivity contribution in [2.24, 2.45) is 0 Å². The van der Waals surface area contributed by atoms with E-state index in [0.29, 0.717) is 0 Å². The third-order valence-electron chi connectivity index (χ3n) is 2.22. The number of nitrogens with one attached hydrogen (secondary N) is 2. The first-order valence-electron chi connectivity index (χ1n) is 5.68. The fourth-order valence-electron chi connectivity index (χ4n) is 1.31. The molecule has 7 nitrogen and oxygen atoms in total. The number of rotatable bonds is 5. The van der Waals surface area contributed by atoms with Crippen molar-refractivity contribution in [1.29, 1.82) is 0 Å². The molecule has 2 N–H and O–H groups in total. The molecule has 1 atom stereocenters. The van der Waals surface area contributed by atoms with E-state index in [1.807, 2.05) is 13.8 Å². The molecule has 0 fully saturated rings. The monoisotopic (exact) mass is 286 g/mol. The molecule has 0 aliphatic carbocycles. The molecule has 0 bridgehead atoms. The first-order valence-corrected chi connectivity index (χ1v) is 6.06. The average Bonchev–Trinajstić information content (AvgIpc) is 2.30. The Hall–Kier alpha value is -1.89. The summed E-state index contributed by atoms with van der Waals surface area (Å²) < 4.78 is 0. The third-order valence-corrected chi connectivity index (χ3v) is 2.50. The van der Waals surface area contributed by atoms with E-state index in [0.717, 1.165) is 6.20 Å². The van der Waals surface area contributed by atoms with Crippen LogP contribution in [-0.4, -0.2) is 27.9 Å². The van der Waals surface area contributed by atoms with E-state index >= 15 is 0 Å². The predicted molar refractivity (Wildman–Crippen MR) is 72.3 cm³/mol. The van der Waals surface area contributed by atoms with Crippen molar-refractivity contribution in [2.75, 3.05) is 5.32 Å². The number of nitrogens with zero attached hydrogens (tertiary/aromatic N) is 2. The van der Waals surface area contributed by atoms with Crippen molar-refractivity contribution in [3.05, 3.63) is 27.4 Å². The van der Waals surface area contributed by atoms with Gasteiger partial charge in [0.05, 0.1) is 9.95 Å². The molecule has 1 aromatic rings. The number of carbonyl (C=O) groups is 1. The van der Waals surface area contributed by atoms with Crippen LogP contribution in [0.2, 0.25) is 5.02 Å². The van der Waals surface area contributed by atoms with Crippen LogP contribution in [0.4, 0.5) is 11.5 Å². The molecule has 0 saturated carbocycles. The molecular formula is C11H15ClN4O3. The molecule has 1 amide bonds. The number of hydrogen-bond acceptors (Lipinski definition) is 5. The fraction of sp³-hybridized carbons (Fsp3) is 0.455. The summed E-state index contributed by atoms with van der Waals surface area (Å²) in [7, 11) is 0. The Balaban J connectivity index is 2.77. The second-order valence-corrected chi connectivity index (χ2v) is 4.72. The smallest absolute Gasteiger partial charge is 0.289 e. The van der Waals surface area contributed by atoms with E-state index < -0.39 is 11.0 Å². The molecule has 0 spiro atoms.